The summed E-state index contributed by atoms with van der Waals surface area (Å²) in [6.45, 7) is 0. The lowest BCUT2D eigenvalue weighted by molar-refractivity contribution is 1.37. The van der Waals surface area contributed by atoms with Crippen molar-refractivity contribution in [1.29, 1.82) is 0 Å². The summed E-state index contributed by atoms with van der Waals surface area (Å²) in [5.41, 5.74) is 16.8. The standard InChI is InChI=1S/C54H34N4/c1-4-13-35(14-5-1)43-27-29-55-52-46(43)24-23-40-32-41(34-57-51(40)52)38-19-12-20-39(31-38)42-21-10-11-22-44(42)45-28-30-56-53-49(45)33-48(36-15-6-2-7-16-36)47-25-26-50(58-54(47)53)37-17-8-3-9-18-37/h1-34H. The number of fused-ring (bicyclic) bond motifs is 6. The first kappa shape index (κ1) is 33.5. The third kappa shape index (κ3) is 5.78. The Labute approximate surface area is 335 Å². The highest BCUT2D eigenvalue weighted by Crippen LogP contribution is 2.42. The fourth-order valence-electron chi connectivity index (χ4n) is 8.42. The molecular weight excluding hydrogens is 705 g/mol. The Morgan fingerprint density at radius 2 is 0.862 bits per heavy atom. The fourth-order valence-corrected chi connectivity index (χ4v) is 8.42. The van der Waals surface area contributed by atoms with Gasteiger partial charge >= 0.3 is 0 Å². The molecule has 0 fully saturated rings. The van der Waals surface area contributed by atoms with Crippen LogP contribution in [0.15, 0.2) is 207 Å². The van der Waals surface area contributed by atoms with Gasteiger partial charge < -0.3 is 0 Å². The Kier molecular flexibility index (Phi) is 8.11. The normalized spacial score (nSPS) is 11.4. The van der Waals surface area contributed by atoms with Crippen molar-refractivity contribution in [1.82, 2.24) is 19.9 Å². The summed E-state index contributed by atoms with van der Waals surface area (Å²) in [7, 11) is 0. The first-order chi connectivity index (χ1) is 28.8. The highest BCUT2D eigenvalue weighted by atomic mass is 14.8. The van der Waals surface area contributed by atoms with E-state index < -0.39 is 0 Å². The Morgan fingerprint density at radius 3 is 1.62 bits per heavy atom. The van der Waals surface area contributed by atoms with Crippen molar-refractivity contribution < 1.29 is 0 Å². The molecule has 0 N–H and O–H groups in total. The van der Waals surface area contributed by atoms with E-state index in [4.69, 9.17) is 19.9 Å². The second kappa shape index (κ2) is 14.0. The number of nitrogens with zero attached hydrogens (tertiary/aromatic N) is 4. The molecule has 0 atom stereocenters. The molecule has 0 spiro atoms. The van der Waals surface area contributed by atoms with Gasteiger partial charge in [0.1, 0.15) is 0 Å². The fraction of sp³-hybridized carbons (Fsp3) is 0. The number of hydrogen-bond acceptors (Lipinski definition) is 4. The predicted octanol–water partition coefficient (Wildman–Crippen LogP) is 13.9. The lowest BCUT2D eigenvalue weighted by atomic mass is 9.89. The molecule has 0 aliphatic heterocycles. The van der Waals surface area contributed by atoms with E-state index in [-0.39, 0.29) is 0 Å². The molecule has 0 saturated carbocycles. The van der Waals surface area contributed by atoms with Crippen molar-refractivity contribution in [2.45, 2.75) is 0 Å². The zero-order valence-electron chi connectivity index (χ0n) is 31.4. The maximum Gasteiger partial charge on any atom is 0.0978 e. The molecule has 7 aromatic carbocycles. The van der Waals surface area contributed by atoms with E-state index in [0.717, 1.165) is 105 Å². The summed E-state index contributed by atoms with van der Waals surface area (Å²) in [6, 6.07) is 66.3. The largest absolute Gasteiger partial charge is 0.254 e. The summed E-state index contributed by atoms with van der Waals surface area (Å²) in [6.07, 6.45) is 5.79. The van der Waals surface area contributed by atoms with E-state index in [0.29, 0.717) is 0 Å². The highest BCUT2D eigenvalue weighted by Gasteiger charge is 2.18. The smallest absolute Gasteiger partial charge is 0.0978 e. The highest BCUT2D eigenvalue weighted by molar-refractivity contribution is 6.15. The summed E-state index contributed by atoms with van der Waals surface area (Å²) in [5, 5.41) is 4.29. The molecular formula is C54H34N4. The minimum atomic E-state index is 0.883. The molecule has 0 radical (unpaired) electrons. The van der Waals surface area contributed by atoms with Gasteiger partial charge in [-0.2, -0.15) is 0 Å². The molecule has 4 heteroatoms. The van der Waals surface area contributed by atoms with Crippen LogP contribution in [0, 0.1) is 0 Å². The molecule has 0 saturated heterocycles. The zero-order valence-corrected chi connectivity index (χ0v) is 31.4. The van der Waals surface area contributed by atoms with Gasteiger partial charge in [0.15, 0.2) is 0 Å². The summed E-state index contributed by atoms with van der Waals surface area (Å²) in [4.78, 5) is 20.1. The van der Waals surface area contributed by atoms with Gasteiger partial charge in [0.25, 0.3) is 0 Å². The summed E-state index contributed by atoms with van der Waals surface area (Å²) >= 11 is 0. The maximum atomic E-state index is 5.30. The average Bonchev–Trinajstić information content (AvgIpc) is 3.31. The molecule has 0 bridgehead atoms. The first-order valence-corrected chi connectivity index (χ1v) is 19.5. The van der Waals surface area contributed by atoms with E-state index >= 15 is 0 Å². The van der Waals surface area contributed by atoms with Crippen molar-refractivity contribution in [3.63, 3.8) is 0 Å². The lowest BCUT2D eigenvalue weighted by Gasteiger charge is -2.16. The average molecular weight is 739 g/mol. The predicted molar refractivity (Wildman–Crippen MR) is 240 cm³/mol. The van der Waals surface area contributed by atoms with Crippen LogP contribution < -0.4 is 0 Å². The molecule has 4 nitrogen and oxygen atoms in total. The van der Waals surface area contributed by atoms with Crippen LogP contribution in [0.2, 0.25) is 0 Å². The zero-order chi connectivity index (χ0) is 38.4. The molecule has 270 valence electrons. The molecule has 4 heterocycles. The van der Waals surface area contributed by atoms with Gasteiger partial charge in [-0.3, -0.25) is 15.0 Å². The number of hydrogen-bond donors (Lipinski definition) is 0. The van der Waals surface area contributed by atoms with Crippen molar-refractivity contribution >= 4 is 43.6 Å². The van der Waals surface area contributed by atoms with E-state index in [1.807, 2.05) is 30.7 Å². The van der Waals surface area contributed by atoms with Gasteiger partial charge in [-0.15, -0.1) is 0 Å². The minimum Gasteiger partial charge on any atom is -0.254 e. The Hall–Kier alpha value is -7.82. The lowest BCUT2D eigenvalue weighted by Crippen LogP contribution is -1.94. The van der Waals surface area contributed by atoms with Gasteiger partial charge in [0.05, 0.1) is 27.8 Å². The van der Waals surface area contributed by atoms with E-state index in [1.54, 1.807) is 0 Å². The SMILES string of the molecule is c1ccc(-c2ccc3c(-c4ccccc4)cc4c(-c5ccccc5-c5cccc(-c6cnc7c(ccc8c(-c9ccccc9)ccnc87)c6)c5)ccnc4c3n2)cc1. The molecule has 0 unspecified atom stereocenters. The second-order valence-electron chi connectivity index (χ2n) is 14.6. The third-order valence-electron chi connectivity index (χ3n) is 11.2. The van der Waals surface area contributed by atoms with Crippen LogP contribution in [-0.2, 0) is 0 Å². The number of aromatic nitrogens is 4. The molecule has 11 aromatic rings. The van der Waals surface area contributed by atoms with Crippen molar-refractivity contribution in [2.24, 2.45) is 0 Å². The molecule has 58 heavy (non-hydrogen) atoms. The Balaban J connectivity index is 1.04. The van der Waals surface area contributed by atoms with Crippen LogP contribution in [-0.4, -0.2) is 19.9 Å². The van der Waals surface area contributed by atoms with E-state index in [2.05, 4.69) is 176 Å². The minimum absolute atomic E-state index is 0.883. The van der Waals surface area contributed by atoms with Gasteiger partial charge in [-0.1, -0.05) is 146 Å². The van der Waals surface area contributed by atoms with Crippen molar-refractivity contribution in [3.05, 3.63) is 207 Å². The molecule has 0 amide bonds. The van der Waals surface area contributed by atoms with E-state index in [9.17, 15) is 0 Å². The van der Waals surface area contributed by atoms with Gasteiger partial charge in [0, 0.05) is 51.3 Å². The van der Waals surface area contributed by atoms with Crippen molar-refractivity contribution in [2.75, 3.05) is 0 Å². The summed E-state index contributed by atoms with van der Waals surface area (Å²) in [5.74, 6) is 0. The van der Waals surface area contributed by atoms with Crippen LogP contribution in [0.4, 0.5) is 0 Å². The topological polar surface area (TPSA) is 51.6 Å². The molecule has 11 rings (SSSR count). The number of pyridine rings is 4. The van der Waals surface area contributed by atoms with Crippen LogP contribution in [0.1, 0.15) is 0 Å². The molecule has 4 aromatic heterocycles. The quantitative estimate of drug-likeness (QED) is 0.159. The van der Waals surface area contributed by atoms with Crippen molar-refractivity contribution in [3.8, 4) is 66.9 Å². The van der Waals surface area contributed by atoms with Gasteiger partial charge in [-0.25, -0.2) is 4.98 Å². The second-order valence-corrected chi connectivity index (χ2v) is 14.6. The molecule has 0 aliphatic rings. The van der Waals surface area contributed by atoms with Crippen LogP contribution in [0.3, 0.4) is 0 Å². The van der Waals surface area contributed by atoms with Crippen LogP contribution >= 0.6 is 0 Å². The number of benzene rings is 7. The monoisotopic (exact) mass is 738 g/mol. The molecule has 0 aliphatic carbocycles. The number of rotatable bonds is 6. The third-order valence-corrected chi connectivity index (χ3v) is 11.2. The van der Waals surface area contributed by atoms with Crippen LogP contribution in [0.25, 0.3) is 111 Å². The van der Waals surface area contributed by atoms with Crippen LogP contribution in [0.5, 0.6) is 0 Å². The Bertz CT molecular complexity index is 3330. The Morgan fingerprint density at radius 1 is 0.276 bits per heavy atom. The van der Waals surface area contributed by atoms with Gasteiger partial charge in [0.2, 0.25) is 0 Å². The van der Waals surface area contributed by atoms with Gasteiger partial charge in [-0.05, 0) is 92.5 Å². The maximum absolute atomic E-state index is 5.30. The summed E-state index contributed by atoms with van der Waals surface area (Å²) < 4.78 is 0. The van der Waals surface area contributed by atoms with E-state index in [1.165, 1.54) is 5.56 Å². The first-order valence-electron chi connectivity index (χ1n) is 19.5.